The van der Waals surface area contributed by atoms with Crippen molar-refractivity contribution in [2.75, 3.05) is 18.8 Å². The number of amides is 3. The van der Waals surface area contributed by atoms with Gasteiger partial charge in [-0.3, -0.25) is 29.6 Å². The molecule has 8 heteroatoms. The van der Waals surface area contributed by atoms with Crippen molar-refractivity contribution < 1.29 is 14.4 Å². The maximum atomic E-state index is 13.0. The number of hydrogen-bond acceptors (Lipinski definition) is 6. The highest BCUT2D eigenvalue weighted by atomic mass is 16.2. The number of nitrogens with one attached hydrogen (secondary N) is 1. The Balaban J connectivity index is 1.05. The molecule has 3 aliphatic rings. The van der Waals surface area contributed by atoms with E-state index in [0.29, 0.717) is 24.4 Å². The van der Waals surface area contributed by atoms with Gasteiger partial charge in [0.05, 0.1) is 5.69 Å². The molecule has 3 aliphatic heterocycles. The molecule has 2 fully saturated rings. The number of nitrogens with two attached hydrogens (primary N) is 1. The van der Waals surface area contributed by atoms with E-state index in [1.807, 2.05) is 54.7 Å². The van der Waals surface area contributed by atoms with Crippen LogP contribution in [0.25, 0.3) is 0 Å². The van der Waals surface area contributed by atoms with Crippen molar-refractivity contribution >= 4 is 35.3 Å². The van der Waals surface area contributed by atoms with E-state index in [2.05, 4.69) is 33.4 Å². The lowest BCUT2D eigenvalue weighted by Crippen LogP contribution is -2.52. The molecule has 0 aromatic heterocycles. The maximum absolute atomic E-state index is 13.0. The lowest BCUT2D eigenvalue weighted by atomic mass is 9.87. The molecule has 3 heterocycles. The van der Waals surface area contributed by atoms with Crippen LogP contribution in [0.3, 0.4) is 0 Å². The van der Waals surface area contributed by atoms with E-state index in [1.54, 1.807) is 4.90 Å². The number of nitrogen functional groups attached to an aromatic ring is 1. The number of anilines is 1. The number of carbonyl (C=O) groups excluding carboxylic acids is 3. The number of piperidine rings is 2. The largest absolute Gasteiger partial charge is 0.398 e. The van der Waals surface area contributed by atoms with Crippen LogP contribution in [0, 0.1) is 0 Å². The SMILES string of the molecule is Nc1cc(CN2CCC(c3ccc4c(c3)CN(C3CCC(=O)NC3=O)C4=O)CC2)ccc1C=Nc1ccccc1. The third kappa shape index (κ3) is 5.40. The first-order chi connectivity index (χ1) is 19.4. The molecule has 3 amide bonds. The minimum Gasteiger partial charge on any atom is -0.398 e. The number of para-hydroxylation sites is 1. The predicted molar refractivity (Wildman–Crippen MR) is 154 cm³/mol. The Bertz CT molecular complexity index is 1480. The number of aliphatic imine (C=N–C) groups is 1. The van der Waals surface area contributed by atoms with Gasteiger partial charge in [-0.1, -0.05) is 42.5 Å². The molecule has 40 heavy (non-hydrogen) atoms. The van der Waals surface area contributed by atoms with Crippen LogP contribution in [0.1, 0.15) is 64.2 Å². The van der Waals surface area contributed by atoms with Gasteiger partial charge in [0.25, 0.3) is 5.91 Å². The summed E-state index contributed by atoms with van der Waals surface area (Å²) < 4.78 is 0. The first kappa shape index (κ1) is 26.0. The lowest BCUT2D eigenvalue weighted by Gasteiger charge is -2.32. The maximum Gasteiger partial charge on any atom is 0.255 e. The number of benzene rings is 3. The second-order valence-corrected chi connectivity index (χ2v) is 10.9. The first-order valence-electron chi connectivity index (χ1n) is 13.9. The van der Waals surface area contributed by atoms with E-state index in [9.17, 15) is 14.4 Å². The minimum absolute atomic E-state index is 0.123. The standard InChI is InChI=1S/C32H33N5O3/c33-28-16-21(6-7-24(28)18-34-26-4-2-1-3-5-26)19-36-14-12-22(13-15-36)23-8-9-27-25(17-23)20-37(32(27)40)29-10-11-30(38)35-31(29)39/h1-9,16-18,22,29H,10-15,19-20,33H2,(H,35,38,39). The molecule has 0 saturated carbocycles. The van der Waals surface area contributed by atoms with Crippen molar-refractivity contribution in [2.45, 2.75) is 50.7 Å². The molecule has 1 unspecified atom stereocenters. The molecule has 3 N–H and O–H groups in total. The molecule has 2 saturated heterocycles. The van der Waals surface area contributed by atoms with Crippen molar-refractivity contribution in [3.63, 3.8) is 0 Å². The summed E-state index contributed by atoms with van der Waals surface area (Å²) in [6.07, 6.45) is 4.54. The van der Waals surface area contributed by atoms with Crippen LogP contribution in [-0.2, 0) is 22.7 Å². The summed E-state index contributed by atoms with van der Waals surface area (Å²) >= 11 is 0. The van der Waals surface area contributed by atoms with E-state index in [4.69, 9.17) is 5.73 Å². The molecule has 0 spiro atoms. The second kappa shape index (κ2) is 11.1. The predicted octanol–water partition coefficient (Wildman–Crippen LogP) is 4.16. The highest BCUT2D eigenvalue weighted by molar-refractivity contribution is 6.05. The zero-order valence-electron chi connectivity index (χ0n) is 22.4. The Morgan fingerprint density at radius 3 is 2.50 bits per heavy atom. The Labute approximate surface area is 233 Å². The first-order valence-corrected chi connectivity index (χ1v) is 13.9. The Morgan fingerprint density at radius 2 is 1.75 bits per heavy atom. The summed E-state index contributed by atoms with van der Waals surface area (Å²) in [5.74, 6) is -0.333. The van der Waals surface area contributed by atoms with E-state index in [-0.39, 0.29) is 24.1 Å². The molecule has 0 radical (unpaired) electrons. The van der Waals surface area contributed by atoms with Gasteiger partial charge in [0.1, 0.15) is 6.04 Å². The number of likely N-dealkylation sites (tertiary alicyclic amines) is 1. The third-order valence-corrected chi connectivity index (χ3v) is 8.27. The summed E-state index contributed by atoms with van der Waals surface area (Å²) in [5.41, 5.74) is 13.0. The number of rotatable bonds is 6. The minimum atomic E-state index is -0.580. The van der Waals surface area contributed by atoms with Gasteiger partial charge in [-0.2, -0.15) is 0 Å². The van der Waals surface area contributed by atoms with Gasteiger partial charge >= 0.3 is 0 Å². The molecule has 6 rings (SSSR count). The monoisotopic (exact) mass is 535 g/mol. The number of carbonyl (C=O) groups is 3. The summed E-state index contributed by atoms with van der Waals surface area (Å²) in [6.45, 7) is 3.24. The third-order valence-electron chi connectivity index (χ3n) is 8.27. The highest BCUT2D eigenvalue weighted by Gasteiger charge is 2.39. The van der Waals surface area contributed by atoms with E-state index in [1.165, 1.54) is 11.1 Å². The topological polar surface area (TPSA) is 108 Å². The van der Waals surface area contributed by atoms with Gasteiger partial charge in [-0.15, -0.1) is 0 Å². The Hall–Kier alpha value is -4.30. The average molecular weight is 536 g/mol. The summed E-state index contributed by atoms with van der Waals surface area (Å²) in [4.78, 5) is 45.5. The van der Waals surface area contributed by atoms with Crippen LogP contribution < -0.4 is 11.1 Å². The molecule has 3 aromatic carbocycles. The smallest absolute Gasteiger partial charge is 0.255 e. The molecule has 3 aromatic rings. The summed E-state index contributed by atoms with van der Waals surface area (Å²) in [7, 11) is 0. The Morgan fingerprint density at radius 1 is 0.950 bits per heavy atom. The van der Waals surface area contributed by atoms with Crippen molar-refractivity contribution in [1.29, 1.82) is 0 Å². The van der Waals surface area contributed by atoms with Crippen molar-refractivity contribution in [3.05, 3.63) is 94.5 Å². The molecular formula is C32H33N5O3. The van der Waals surface area contributed by atoms with Crippen LogP contribution >= 0.6 is 0 Å². The molecule has 1 atom stereocenters. The Kier molecular flexibility index (Phi) is 7.17. The highest BCUT2D eigenvalue weighted by Crippen LogP contribution is 2.34. The molecule has 8 nitrogen and oxygen atoms in total. The van der Waals surface area contributed by atoms with Crippen LogP contribution in [-0.4, -0.2) is 52.9 Å². The van der Waals surface area contributed by atoms with Gasteiger partial charge in [0, 0.05) is 42.5 Å². The normalized spacial score (nSPS) is 20.2. The van der Waals surface area contributed by atoms with Crippen molar-refractivity contribution in [3.8, 4) is 0 Å². The zero-order valence-corrected chi connectivity index (χ0v) is 22.4. The number of fused-ring (bicyclic) bond motifs is 1. The zero-order chi connectivity index (χ0) is 27.6. The van der Waals surface area contributed by atoms with E-state index < -0.39 is 6.04 Å². The number of nitrogens with zero attached hydrogens (tertiary/aromatic N) is 3. The second-order valence-electron chi connectivity index (χ2n) is 10.9. The average Bonchev–Trinajstić information content (AvgIpc) is 3.29. The van der Waals surface area contributed by atoms with Gasteiger partial charge in [-0.05, 0) is 79.2 Å². The van der Waals surface area contributed by atoms with E-state index in [0.717, 1.165) is 55.0 Å². The van der Waals surface area contributed by atoms with Crippen LogP contribution in [0.5, 0.6) is 0 Å². The number of hydrogen-bond donors (Lipinski definition) is 2. The fourth-order valence-corrected chi connectivity index (χ4v) is 6.03. The quantitative estimate of drug-likeness (QED) is 0.280. The fourth-order valence-electron chi connectivity index (χ4n) is 6.03. The van der Waals surface area contributed by atoms with Crippen molar-refractivity contribution in [1.82, 2.24) is 15.1 Å². The van der Waals surface area contributed by atoms with E-state index >= 15 is 0 Å². The number of imide groups is 1. The van der Waals surface area contributed by atoms with Gasteiger partial charge < -0.3 is 10.6 Å². The van der Waals surface area contributed by atoms with Crippen LogP contribution in [0.15, 0.2) is 71.7 Å². The molecular weight excluding hydrogens is 502 g/mol. The van der Waals surface area contributed by atoms with Crippen LogP contribution in [0.2, 0.25) is 0 Å². The van der Waals surface area contributed by atoms with Crippen molar-refractivity contribution in [2.24, 2.45) is 4.99 Å². The molecule has 204 valence electrons. The van der Waals surface area contributed by atoms with Gasteiger partial charge in [-0.25, -0.2) is 0 Å². The van der Waals surface area contributed by atoms with Gasteiger partial charge in [0.2, 0.25) is 11.8 Å². The molecule has 0 bridgehead atoms. The van der Waals surface area contributed by atoms with Crippen LogP contribution in [0.4, 0.5) is 11.4 Å². The summed E-state index contributed by atoms with van der Waals surface area (Å²) in [5, 5.41) is 2.37. The lowest BCUT2D eigenvalue weighted by molar-refractivity contribution is -0.136. The fraction of sp³-hybridized carbons (Fsp3) is 0.312. The summed E-state index contributed by atoms with van der Waals surface area (Å²) in [6, 6.07) is 21.6. The molecule has 0 aliphatic carbocycles. The van der Waals surface area contributed by atoms with Gasteiger partial charge in [0.15, 0.2) is 0 Å².